The van der Waals surface area contributed by atoms with Gasteiger partial charge in [0.15, 0.2) is 0 Å². The highest BCUT2D eigenvalue weighted by Crippen LogP contribution is 2.68. The lowest BCUT2D eigenvalue weighted by Crippen LogP contribution is -2.66. The van der Waals surface area contributed by atoms with E-state index >= 15 is 0 Å². The molecule has 4 aliphatic rings. The number of rotatable bonds is 7. The van der Waals surface area contributed by atoms with Gasteiger partial charge < -0.3 is 5.73 Å². The van der Waals surface area contributed by atoms with Crippen molar-refractivity contribution in [2.75, 3.05) is 4.43 Å². The first-order chi connectivity index (χ1) is 14.6. The van der Waals surface area contributed by atoms with Crippen molar-refractivity contribution < 1.29 is 0 Å². The Labute approximate surface area is 210 Å². The molecule has 1 nitrogen and oxygen atoms in total. The Morgan fingerprint density at radius 2 is 1.97 bits per heavy atom. The fourth-order valence-electron chi connectivity index (χ4n) is 8.60. The summed E-state index contributed by atoms with van der Waals surface area (Å²) in [6.07, 6.45) is 17.6. The predicted octanol–water partition coefficient (Wildman–Crippen LogP) is 8.44. The Hall–Kier alpha value is 0.460. The summed E-state index contributed by atoms with van der Waals surface area (Å²) in [6, 6.07) is 0. The molecular formula is C28H45ClIN. The quantitative estimate of drug-likeness (QED) is 0.144. The van der Waals surface area contributed by atoms with E-state index in [1.165, 1.54) is 67.8 Å². The Kier molecular flexibility index (Phi) is 7.33. The lowest BCUT2D eigenvalue weighted by Gasteiger charge is -2.63. The fraction of sp³-hybridized carbons (Fsp3) is 0.857. The van der Waals surface area contributed by atoms with Gasteiger partial charge >= 0.3 is 0 Å². The highest BCUT2D eigenvalue weighted by Gasteiger charge is 2.64. The van der Waals surface area contributed by atoms with Gasteiger partial charge in [-0.05, 0) is 105 Å². The molecule has 4 unspecified atom stereocenters. The smallest absolute Gasteiger partial charge is 0.0373 e. The SMILES string of the molecule is C=C(CCCCC(C)CI)C1CCC2C3(N)CC=C4C[C@@H](Cl)CC[C@]4(C)[C@H]3CC[C@]12C. The van der Waals surface area contributed by atoms with Crippen LogP contribution in [0.3, 0.4) is 0 Å². The molecule has 0 spiro atoms. The summed E-state index contributed by atoms with van der Waals surface area (Å²) in [5.74, 6) is 2.80. The van der Waals surface area contributed by atoms with Crippen molar-refractivity contribution in [1.82, 2.24) is 0 Å². The van der Waals surface area contributed by atoms with Gasteiger partial charge in [0.25, 0.3) is 0 Å². The Bertz CT molecular complexity index is 718. The summed E-state index contributed by atoms with van der Waals surface area (Å²) in [7, 11) is 0. The largest absolute Gasteiger partial charge is 0.324 e. The maximum Gasteiger partial charge on any atom is 0.0373 e. The molecule has 0 amide bonds. The minimum atomic E-state index is -0.0326. The van der Waals surface area contributed by atoms with Crippen LogP contribution >= 0.6 is 34.2 Å². The van der Waals surface area contributed by atoms with E-state index in [1.807, 2.05) is 0 Å². The van der Waals surface area contributed by atoms with Crippen LogP contribution in [0.2, 0.25) is 0 Å². The Balaban J connectivity index is 1.47. The van der Waals surface area contributed by atoms with Gasteiger partial charge in [0.1, 0.15) is 0 Å². The summed E-state index contributed by atoms with van der Waals surface area (Å²) >= 11 is 9.09. The average Bonchev–Trinajstić information content (AvgIpc) is 3.10. The number of fused-ring (bicyclic) bond motifs is 5. The summed E-state index contributed by atoms with van der Waals surface area (Å²) in [6.45, 7) is 12.1. The maximum atomic E-state index is 7.49. The van der Waals surface area contributed by atoms with Gasteiger partial charge in [0.2, 0.25) is 0 Å². The fourth-order valence-corrected chi connectivity index (χ4v) is 9.32. The number of hydrogen-bond acceptors (Lipinski definition) is 1. The zero-order valence-electron chi connectivity index (χ0n) is 20.2. The number of halogens is 2. The highest BCUT2D eigenvalue weighted by atomic mass is 127. The molecule has 0 heterocycles. The second-order valence-electron chi connectivity index (χ2n) is 12.2. The first kappa shape index (κ1) is 24.6. The van der Waals surface area contributed by atoms with Gasteiger partial charge in [-0.1, -0.05) is 73.6 Å². The van der Waals surface area contributed by atoms with E-state index in [0.29, 0.717) is 28.5 Å². The van der Waals surface area contributed by atoms with Crippen molar-refractivity contribution >= 4 is 34.2 Å². The number of allylic oxidation sites excluding steroid dienone is 2. The monoisotopic (exact) mass is 557 g/mol. The van der Waals surface area contributed by atoms with Crippen molar-refractivity contribution in [1.29, 1.82) is 0 Å². The van der Waals surface area contributed by atoms with E-state index in [1.54, 1.807) is 5.57 Å². The molecule has 4 rings (SSSR count). The van der Waals surface area contributed by atoms with Crippen molar-refractivity contribution in [3.05, 3.63) is 23.8 Å². The number of nitrogens with two attached hydrogens (primary N) is 1. The molecule has 0 radical (unpaired) electrons. The summed E-state index contributed by atoms with van der Waals surface area (Å²) in [5.41, 5.74) is 11.3. The van der Waals surface area contributed by atoms with Gasteiger partial charge in [-0.2, -0.15) is 0 Å². The third-order valence-electron chi connectivity index (χ3n) is 10.4. The van der Waals surface area contributed by atoms with Gasteiger partial charge in [-0.25, -0.2) is 0 Å². The second-order valence-corrected chi connectivity index (χ2v) is 13.7. The molecule has 0 saturated heterocycles. The Morgan fingerprint density at radius 3 is 2.71 bits per heavy atom. The zero-order chi connectivity index (χ0) is 22.4. The molecular weight excluding hydrogens is 513 g/mol. The molecule has 3 fully saturated rings. The number of hydrogen-bond donors (Lipinski definition) is 1. The predicted molar refractivity (Wildman–Crippen MR) is 144 cm³/mol. The van der Waals surface area contributed by atoms with E-state index in [0.717, 1.165) is 25.2 Å². The third kappa shape index (κ3) is 4.22. The molecule has 176 valence electrons. The molecule has 0 aliphatic heterocycles. The molecule has 3 heteroatoms. The molecule has 8 atom stereocenters. The van der Waals surface area contributed by atoms with Gasteiger partial charge in [-0.3, -0.25) is 0 Å². The van der Waals surface area contributed by atoms with E-state index < -0.39 is 0 Å². The van der Waals surface area contributed by atoms with E-state index in [2.05, 4.69) is 56.0 Å². The highest BCUT2D eigenvalue weighted by molar-refractivity contribution is 14.1. The topological polar surface area (TPSA) is 26.0 Å². The average molecular weight is 558 g/mol. The molecule has 4 aliphatic carbocycles. The maximum absolute atomic E-state index is 7.49. The molecule has 0 bridgehead atoms. The normalized spacial score (nSPS) is 45.3. The first-order valence-electron chi connectivity index (χ1n) is 13.0. The molecule has 0 aromatic heterocycles. The van der Waals surface area contributed by atoms with Crippen LogP contribution in [-0.2, 0) is 0 Å². The zero-order valence-corrected chi connectivity index (χ0v) is 23.1. The molecule has 3 saturated carbocycles. The molecule has 0 aromatic rings. The van der Waals surface area contributed by atoms with Gasteiger partial charge in [0, 0.05) is 15.3 Å². The lowest BCUT2D eigenvalue weighted by molar-refractivity contribution is -0.0558. The summed E-state index contributed by atoms with van der Waals surface area (Å²) in [5, 5.41) is 0.331. The summed E-state index contributed by atoms with van der Waals surface area (Å²) in [4.78, 5) is 0. The van der Waals surface area contributed by atoms with E-state index in [4.69, 9.17) is 17.3 Å². The van der Waals surface area contributed by atoms with Crippen molar-refractivity contribution in [3.63, 3.8) is 0 Å². The van der Waals surface area contributed by atoms with Crippen molar-refractivity contribution in [2.45, 2.75) is 109 Å². The van der Waals surface area contributed by atoms with Crippen LogP contribution in [0.1, 0.15) is 97.8 Å². The Morgan fingerprint density at radius 1 is 1.19 bits per heavy atom. The van der Waals surface area contributed by atoms with Crippen LogP contribution < -0.4 is 5.73 Å². The molecule has 2 N–H and O–H groups in total. The lowest BCUT2D eigenvalue weighted by atomic mass is 9.44. The van der Waals surface area contributed by atoms with Crippen LogP contribution in [0.25, 0.3) is 0 Å². The van der Waals surface area contributed by atoms with Crippen LogP contribution in [0.15, 0.2) is 23.8 Å². The van der Waals surface area contributed by atoms with Gasteiger partial charge in [0.05, 0.1) is 0 Å². The first-order valence-corrected chi connectivity index (χ1v) is 15.0. The second kappa shape index (κ2) is 9.25. The van der Waals surface area contributed by atoms with Gasteiger partial charge in [-0.15, -0.1) is 11.6 Å². The molecule has 31 heavy (non-hydrogen) atoms. The number of alkyl halides is 2. The molecule has 0 aromatic carbocycles. The van der Waals surface area contributed by atoms with Crippen LogP contribution in [0.4, 0.5) is 0 Å². The number of unbranched alkanes of at least 4 members (excludes halogenated alkanes) is 1. The standard InChI is InChI=1S/C28H45ClIN/c1-19(18-30)7-5-6-8-20(2)23-9-10-24-27(23,4)15-13-25-26(3)14-12-22(29)17-21(26)11-16-28(24,25)31/h11,19,22-25H,2,5-10,12-18,31H2,1,3-4H3/t19?,22-,23?,24?,25+,26-,27+,28?/m0/s1. The van der Waals surface area contributed by atoms with E-state index in [9.17, 15) is 0 Å². The van der Waals surface area contributed by atoms with Crippen LogP contribution in [-0.4, -0.2) is 15.3 Å². The van der Waals surface area contributed by atoms with Crippen molar-refractivity contribution in [2.24, 2.45) is 40.2 Å². The van der Waals surface area contributed by atoms with Crippen LogP contribution in [0.5, 0.6) is 0 Å². The minimum absolute atomic E-state index is 0.0326. The van der Waals surface area contributed by atoms with Crippen molar-refractivity contribution in [3.8, 4) is 0 Å². The minimum Gasteiger partial charge on any atom is -0.324 e. The third-order valence-corrected chi connectivity index (χ3v) is 12.3. The summed E-state index contributed by atoms with van der Waals surface area (Å²) < 4.78 is 1.28. The van der Waals surface area contributed by atoms with Crippen LogP contribution in [0, 0.1) is 34.5 Å². The van der Waals surface area contributed by atoms with E-state index in [-0.39, 0.29) is 11.0 Å².